The van der Waals surface area contributed by atoms with E-state index >= 15 is 0 Å². The molecule has 0 aliphatic heterocycles. The summed E-state index contributed by atoms with van der Waals surface area (Å²) in [6.45, 7) is 4.61. The molecule has 1 amide bonds. The molecule has 0 radical (unpaired) electrons. The van der Waals surface area contributed by atoms with Crippen LogP contribution in [0.15, 0.2) is 0 Å². The van der Waals surface area contributed by atoms with E-state index in [2.05, 4.69) is 19.2 Å². The largest absolute Gasteiger partial charge is 0.446 e. The molecular formula is C24H41NO9P2. The highest BCUT2D eigenvalue weighted by atomic mass is 31.2. The van der Waals surface area contributed by atoms with Crippen LogP contribution in [0.4, 0.5) is 4.79 Å². The van der Waals surface area contributed by atoms with Gasteiger partial charge in [-0.15, -0.1) is 0 Å². The van der Waals surface area contributed by atoms with Gasteiger partial charge in [-0.1, -0.05) is 13.8 Å². The number of carbonyl (C=O) groups excluding carboxylic acids is 2. The molecule has 0 saturated heterocycles. The van der Waals surface area contributed by atoms with E-state index in [0.29, 0.717) is 29.5 Å². The first-order chi connectivity index (χ1) is 16.7. The number of alkyl carbamates (subject to hydrolysis) is 1. The van der Waals surface area contributed by atoms with E-state index in [1.165, 1.54) is 0 Å². The van der Waals surface area contributed by atoms with E-state index in [1.54, 1.807) is 0 Å². The van der Waals surface area contributed by atoms with Gasteiger partial charge >= 0.3 is 21.3 Å². The summed E-state index contributed by atoms with van der Waals surface area (Å²) in [5, 5.41) is 0.488. The van der Waals surface area contributed by atoms with Crippen LogP contribution in [0.2, 0.25) is 0 Å². The Hall–Kier alpha value is -0.760. The van der Waals surface area contributed by atoms with Crippen molar-refractivity contribution in [3.8, 4) is 0 Å². The molecule has 12 heteroatoms. The van der Waals surface area contributed by atoms with Gasteiger partial charge in [0.15, 0.2) is 5.40 Å². The number of rotatable bonds is 7. The number of fused-ring (bicyclic) bond motifs is 5. The second-order valence-corrected chi connectivity index (χ2v) is 16.1. The Morgan fingerprint density at radius 1 is 1.03 bits per heavy atom. The zero-order chi connectivity index (χ0) is 26.5. The fourth-order valence-electron chi connectivity index (χ4n) is 8.30. The number of ether oxygens (including phenoxy) is 1. The lowest BCUT2D eigenvalue weighted by Crippen LogP contribution is -2.54. The minimum absolute atomic E-state index is 0.00578. The molecule has 0 heterocycles. The van der Waals surface area contributed by atoms with Gasteiger partial charge < -0.3 is 29.6 Å². The summed E-state index contributed by atoms with van der Waals surface area (Å²) in [6, 6.07) is 0. The molecule has 4 aliphatic rings. The molecule has 206 valence electrons. The standard InChI is InChI=1S/C24H41NO9P2/c1-23-11-9-16(34-22(27)25-13-3-4-21(35(28,29)30)36(31,32)33)14-15(23)5-6-17-18-7-8-20(26)24(18,2)12-10-19(17)23/h15-19,21H,3-14H2,1-2H3,(H,25,27)(H2,28,29,30)(H2,31,32,33)/t15-,16+,17-,18-,19-,23-,24-/m0/s1. The summed E-state index contributed by atoms with van der Waals surface area (Å²) >= 11 is 0. The van der Waals surface area contributed by atoms with Gasteiger partial charge in [-0.25, -0.2) is 4.79 Å². The number of amides is 1. The highest BCUT2D eigenvalue weighted by Crippen LogP contribution is 2.65. The van der Waals surface area contributed by atoms with E-state index < -0.39 is 33.1 Å². The lowest BCUT2D eigenvalue weighted by molar-refractivity contribution is -0.142. The number of carbonyl (C=O) groups is 2. The highest BCUT2D eigenvalue weighted by molar-refractivity contribution is 7.70. The molecule has 4 rings (SSSR count). The number of hydrogen-bond acceptors (Lipinski definition) is 5. The van der Waals surface area contributed by atoms with Crippen molar-refractivity contribution in [1.82, 2.24) is 5.32 Å². The molecule has 5 N–H and O–H groups in total. The van der Waals surface area contributed by atoms with Gasteiger partial charge in [0.05, 0.1) is 0 Å². The number of nitrogens with one attached hydrogen (secondary N) is 1. The maximum Gasteiger partial charge on any atom is 0.407 e. The Morgan fingerprint density at radius 3 is 2.39 bits per heavy atom. The van der Waals surface area contributed by atoms with Crippen LogP contribution < -0.4 is 5.32 Å². The van der Waals surface area contributed by atoms with Gasteiger partial charge in [-0.05, 0) is 93.3 Å². The number of Topliss-reactive ketones (excluding diaryl/α,β-unsaturated/α-hetero) is 1. The van der Waals surface area contributed by atoms with Gasteiger partial charge in [-0.2, -0.15) is 0 Å². The molecule has 0 unspecified atom stereocenters. The van der Waals surface area contributed by atoms with Crippen molar-refractivity contribution in [2.75, 3.05) is 6.54 Å². The average Bonchev–Trinajstić information content (AvgIpc) is 3.06. The normalized spacial score (nSPS) is 38.8. The summed E-state index contributed by atoms with van der Waals surface area (Å²) in [5.74, 6) is 2.67. The fourth-order valence-corrected chi connectivity index (χ4v) is 10.9. The molecule has 0 aromatic carbocycles. The Balaban J connectivity index is 1.26. The smallest absolute Gasteiger partial charge is 0.407 e. The van der Waals surface area contributed by atoms with Crippen LogP contribution in [0, 0.1) is 34.5 Å². The summed E-state index contributed by atoms with van der Waals surface area (Å²) in [7, 11) is -9.92. The molecule has 0 aromatic rings. The maximum absolute atomic E-state index is 12.6. The fraction of sp³-hybridized carbons (Fsp3) is 0.917. The number of hydrogen-bond donors (Lipinski definition) is 5. The van der Waals surface area contributed by atoms with Crippen LogP contribution in [0.25, 0.3) is 0 Å². The third kappa shape index (κ3) is 5.37. The Labute approximate surface area is 212 Å². The first-order valence-electron chi connectivity index (χ1n) is 13.2. The average molecular weight is 550 g/mol. The molecule has 0 aromatic heterocycles. The van der Waals surface area contributed by atoms with Crippen LogP contribution in [0.5, 0.6) is 0 Å². The SMILES string of the molecule is C[C@]12CC[C@@H](OC(=O)NCCCC(P(=O)(O)O)P(=O)(O)O)C[C@@H]1CC[C@@H]1[C@@H]2CC[C@]2(C)C(=O)CC[C@@H]12. The monoisotopic (exact) mass is 549 g/mol. The van der Waals surface area contributed by atoms with Crippen molar-refractivity contribution < 1.29 is 43.0 Å². The lowest BCUT2D eigenvalue weighted by atomic mass is 9.45. The second kappa shape index (κ2) is 10.1. The van der Waals surface area contributed by atoms with E-state index in [9.17, 15) is 38.3 Å². The van der Waals surface area contributed by atoms with Gasteiger partial charge in [0.25, 0.3) is 0 Å². The third-order valence-corrected chi connectivity index (χ3v) is 14.2. The second-order valence-electron chi connectivity index (χ2n) is 12.1. The Bertz CT molecular complexity index is 941. The summed E-state index contributed by atoms with van der Waals surface area (Å²) in [6.07, 6.45) is 7.46. The van der Waals surface area contributed by atoms with Gasteiger partial charge in [0, 0.05) is 18.4 Å². The zero-order valence-corrected chi connectivity index (χ0v) is 23.0. The molecule has 36 heavy (non-hydrogen) atoms. The summed E-state index contributed by atoms with van der Waals surface area (Å²) < 4.78 is 28.4. The molecular weight excluding hydrogens is 508 g/mol. The summed E-state index contributed by atoms with van der Waals surface area (Å²) in [5.41, 5.74) is 0.0750. The summed E-state index contributed by atoms with van der Waals surface area (Å²) in [4.78, 5) is 61.7. The first-order valence-corrected chi connectivity index (χ1v) is 16.6. The maximum atomic E-state index is 12.6. The van der Waals surface area contributed by atoms with Crippen LogP contribution in [-0.4, -0.2) is 49.5 Å². The Kier molecular flexibility index (Phi) is 7.92. The minimum atomic E-state index is -4.96. The van der Waals surface area contributed by atoms with Crippen LogP contribution in [0.3, 0.4) is 0 Å². The molecule has 4 aliphatic carbocycles. The quantitative estimate of drug-likeness (QED) is 0.231. The highest BCUT2D eigenvalue weighted by Gasteiger charge is 2.60. The van der Waals surface area contributed by atoms with Crippen LogP contribution in [0.1, 0.15) is 84.5 Å². The van der Waals surface area contributed by atoms with E-state index in [-0.39, 0.29) is 29.9 Å². The molecule has 4 saturated carbocycles. The molecule has 0 spiro atoms. The predicted octanol–water partition coefficient (Wildman–Crippen LogP) is 4.15. The topological polar surface area (TPSA) is 170 Å². The van der Waals surface area contributed by atoms with Crippen molar-refractivity contribution >= 4 is 27.1 Å². The molecule has 0 bridgehead atoms. The van der Waals surface area contributed by atoms with Crippen molar-refractivity contribution in [2.45, 2.75) is 96.0 Å². The minimum Gasteiger partial charge on any atom is -0.446 e. The van der Waals surface area contributed by atoms with Crippen molar-refractivity contribution in [2.24, 2.45) is 34.5 Å². The van der Waals surface area contributed by atoms with Crippen LogP contribution in [-0.2, 0) is 18.7 Å². The Morgan fingerprint density at radius 2 is 1.72 bits per heavy atom. The molecule has 10 nitrogen and oxygen atoms in total. The zero-order valence-electron chi connectivity index (χ0n) is 21.2. The molecule has 4 fully saturated rings. The van der Waals surface area contributed by atoms with Crippen molar-refractivity contribution in [1.29, 1.82) is 0 Å². The van der Waals surface area contributed by atoms with Gasteiger partial charge in [-0.3, -0.25) is 13.9 Å². The van der Waals surface area contributed by atoms with Crippen molar-refractivity contribution in [3.05, 3.63) is 0 Å². The van der Waals surface area contributed by atoms with Gasteiger partial charge in [0.1, 0.15) is 11.9 Å². The predicted molar refractivity (Wildman–Crippen MR) is 132 cm³/mol. The van der Waals surface area contributed by atoms with Crippen molar-refractivity contribution in [3.63, 3.8) is 0 Å². The third-order valence-electron chi connectivity index (χ3n) is 10.3. The van der Waals surface area contributed by atoms with Crippen LogP contribution >= 0.6 is 15.2 Å². The first kappa shape index (κ1) is 28.3. The number of ketones is 1. The lowest BCUT2D eigenvalue weighted by Gasteiger charge is -2.60. The van der Waals surface area contributed by atoms with Gasteiger partial charge in [0.2, 0.25) is 0 Å². The van der Waals surface area contributed by atoms with E-state index in [1.807, 2.05) is 0 Å². The molecule has 7 atom stereocenters. The van der Waals surface area contributed by atoms with E-state index in [0.717, 1.165) is 57.8 Å². The van der Waals surface area contributed by atoms with E-state index in [4.69, 9.17) is 4.74 Å².